The first kappa shape index (κ1) is 16.6. The number of nitrogens with one attached hydrogen (secondary N) is 1. The second kappa shape index (κ2) is 6.44. The molecule has 2 aromatic rings. The number of aromatic hydroxyl groups is 1. The van der Waals surface area contributed by atoms with E-state index in [1.807, 2.05) is 18.2 Å². The van der Waals surface area contributed by atoms with Crippen LogP contribution in [0.2, 0.25) is 0 Å². The van der Waals surface area contributed by atoms with Crippen LogP contribution in [0.1, 0.15) is 30.7 Å². The maximum atomic E-state index is 12.8. The summed E-state index contributed by atoms with van der Waals surface area (Å²) < 4.78 is 0. The van der Waals surface area contributed by atoms with Crippen LogP contribution in [0.25, 0.3) is 0 Å². The van der Waals surface area contributed by atoms with E-state index in [0.29, 0.717) is 17.8 Å². The van der Waals surface area contributed by atoms with Crippen LogP contribution < -0.4 is 5.32 Å². The van der Waals surface area contributed by atoms with E-state index in [-0.39, 0.29) is 28.9 Å². The number of nitro groups is 1. The van der Waals surface area contributed by atoms with Crippen LogP contribution in [0.15, 0.2) is 48.5 Å². The first-order valence-electron chi connectivity index (χ1n) is 8.89. The Morgan fingerprint density at radius 1 is 1.12 bits per heavy atom. The van der Waals surface area contributed by atoms with Crippen molar-refractivity contribution in [2.75, 3.05) is 5.32 Å². The number of phenols is 1. The van der Waals surface area contributed by atoms with Gasteiger partial charge in [0.1, 0.15) is 5.75 Å². The largest absolute Gasteiger partial charge is 0.506 e. The zero-order valence-corrected chi connectivity index (χ0v) is 14.2. The number of benzene rings is 2. The summed E-state index contributed by atoms with van der Waals surface area (Å²) in [6.45, 7) is 0. The van der Waals surface area contributed by atoms with Crippen LogP contribution in [0, 0.1) is 27.9 Å². The van der Waals surface area contributed by atoms with Crippen molar-refractivity contribution in [3.8, 4) is 5.75 Å². The number of nitro benzene ring substituents is 1. The van der Waals surface area contributed by atoms with Gasteiger partial charge in [-0.3, -0.25) is 14.9 Å². The van der Waals surface area contributed by atoms with E-state index < -0.39 is 4.92 Å². The first-order chi connectivity index (χ1) is 12.6. The predicted octanol–water partition coefficient (Wildman–Crippen LogP) is 4.07. The minimum absolute atomic E-state index is 0.0662. The van der Waals surface area contributed by atoms with Gasteiger partial charge in [0, 0.05) is 12.0 Å². The van der Waals surface area contributed by atoms with Crippen LogP contribution in [-0.2, 0) is 4.79 Å². The predicted molar refractivity (Wildman–Crippen MR) is 96.9 cm³/mol. The van der Waals surface area contributed by atoms with Crippen LogP contribution in [0.3, 0.4) is 0 Å². The lowest BCUT2D eigenvalue weighted by Gasteiger charge is -2.55. The van der Waals surface area contributed by atoms with Gasteiger partial charge < -0.3 is 10.4 Å². The van der Waals surface area contributed by atoms with Gasteiger partial charge in [0.25, 0.3) is 5.69 Å². The Bertz CT molecular complexity index is 840. The summed E-state index contributed by atoms with van der Waals surface area (Å²) >= 11 is 0. The third-order valence-corrected chi connectivity index (χ3v) is 5.86. The molecule has 0 heterocycles. The number of non-ortho nitro benzene ring substituents is 1. The van der Waals surface area contributed by atoms with Crippen molar-refractivity contribution in [3.63, 3.8) is 0 Å². The molecule has 0 unspecified atom stereocenters. The number of anilines is 1. The Morgan fingerprint density at radius 3 is 2.42 bits per heavy atom. The number of rotatable bonds is 4. The van der Waals surface area contributed by atoms with Gasteiger partial charge in [-0.25, -0.2) is 0 Å². The molecule has 2 aliphatic carbocycles. The van der Waals surface area contributed by atoms with Gasteiger partial charge >= 0.3 is 0 Å². The highest BCUT2D eigenvalue weighted by Crippen LogP contribution is 2.60. The molecule has 4 rings (SSSR count). The monoisotopic (exact) mass is 352 g/mol. The van der Waals surface area contributed by atoms with E-state index >= 15 is 0 Å². The van der Waals surface area contributed by atoms with E-state index in [4.69, 9.17) is 0 Å². The summed E-state index contributed by atoms with van der Waals surface area (Å²) in [6.07, 6.45) is 3.20. The standard InChI is InChI=1S/C20H20N2O4/c23-17-11-13(22(25)26)9-10-16(17)21-20(24)19-14-7-4-8-15(19)18(14)12-5-2-1-3-6-12/h1-3,5-6,9-11,14-15,18-19,23H,4,7-8H2,(H,21,24)/t14-,15-,18?,19?/m1/s1. The van der Waals surface area contributed by atoms with Crippen LogP contribution in [0.4, 0.5) is 11.4 Å². The minimum Gasteiger partial charge on any atom is -0.506 e. The molecular formula is C20H20N2O4. The summed E-state index contributed by atoms with van der Waals surface area (Å²) in [5, 5.41) is 23.5. The number of amides is 1. The number of phenolic OH excluding ortho intramolecular Hbond substituents is 1. The zero-order chi connectivity index (χ0) is 18.3. The van der Waals surface area contributed by atoms with E-state index in [0.717, 1.165) is 25.3 Å². The Kier molecular flexibility index (Phi) is 4.11. The summed E-state index contributed by atoms with van der Waals surface area (Å²) in [5.41, 5.74) is 1.32. The second-order valence-corrected chi connectivity index (χ2v) is 7.17. The molecule has 6 nitrogen and oxygen atoms in total. The molecule has 0 spiro atoms. The second-order valence-electron chi connectivity index (χ2n) is 7.17. The summed E-state index contributed by atoms with van der Waals surface area (Å²) in [6, 6.07) is 14.1. The average Bonchev–Trinajstić information content (AvgIpc) is 2.64. The highest BCUT2D eigenvalue weighted by Gasteiger charge is 2.55. The van der Waals surface area contributed by atoms with E-state index in [1.165, 1.54) is 17.7 Å². The summed E-state index contributed by atoms with van der Waals surface area (Å²) in [5.74, 6) is 0.607. The fraction of sp³-hybridized carbons (Fsp3) is 0.350. The highest BCUT2D eigenvalue weighted by molar-refractivity contribution is 5.95. The van der Waals surface area contributed by atoms with Crippen LogP contribution in [-0.4, -0.2) is 15.9 Å². The topological polar surface area (TPSA) is 92.5 Å². The molecule has 2 aliphatic rings. The smallest absolute Gasteiger partial charge is 0.273 e. The highest BCUT2D eigenvalue weighted by atomic mass is 16.6. The molecule has 2 fully saturated rings. The van der Waals surface area contributed by atoms with Crippen molar-refractivity contribution in [2.45, 2.75) is 25.2 Å². The number of carbonyl (C=O) groups excluding carboxylic acids is 1. The van der Waals surface area contributed by atoms with Gasteiger partial charge in [0.05, 0.1) is 16.7 Å². The van der Waals surface area contributed by atoms with Crippen molar-refractivity contribution in [1.29, 1.82) is 0 Å². The van der Waals surface area contributed by atoms with Gasteiger partial charge in [0.15, 0.2) is 0 Å². The molecule has 1 amide bonds. The lowest BCUT2D eigenvalue weighted by molar-refractivity contribution is -0.384. The van der Waals surface area contributed by atoms with Gasteiger partial charge in [0.2, 0.25) is 5.91 Å². The van der Waals surface area contributed by atoms with E-state index in [2.05, 4.69) is 17.4 Å². The number of nitrogens with zero attached hydrogens (tertiary/aromatic N) is 1. The lowest BCUT2D eigenvalue weighted by Crippen LogP contribution is -2.53. The fourth-order valence-corrected chi connectivity index (χ4v) is 4.76. The SMILES string of the molecule is O=C(Nc1ccc([N+](=O)[O-])cc1O)C1[C@@H]2CCC[C@@H]1C2c1ccccc1. The molecule has 0 aliphatic heterocycles. The molecule has 0 saturated heterocycles. The van der Waals surface area contributed by atoms with Crippen LogP contribution >= 0.6 is 0 Å². The third-order valence-electron chi connectivity index (χ3n) is 5.86. The molecule has 0 aromatic heterocycles. The van der Waals surface area contributed by atoms with E-state index in [9.17, 15) is 20.0 Å². The van der Waals surface area contributed by atoms with Gasteiger partial charge in [-0.15, -0.1) is 0 Å². The van der Waals surface area contributed by atoms with Gasteiger partial charge in [-0.05, 0) is 42.2 Å². The van der Waals surface area contributed by atoms with E-state index in [1.54, 1.807) is 0 Å². The Balaban J connectivity index is 1.50. The number of hydrogen-bond donors (Lipinski definition) is 2. The number of fused-ring (bicyclic) bond motifs is 2. The molecule has 2 saturated carbocycles. The van der Waals surface area contributed by atoms with Gasteiger partial charge in [-0.2, -0.15) is 0 Å². The molecule has 2 bridgehead atoms. The number of carbonyl (C=O) groups is 1. The maximum Gasteiger partial charge on any atom is 0.273 e. The normalized spacial score (nSPS) is 26.6. The molecule has 26 heavy (non-hydrogen) atoms. The quantitative estimate of drug-likeness (QED) is 0.493. The molecule has 2 N–H and O–H groups in total. The molecule has 2 atom stereocenters. The van der Waals surface area contributed by atoms with Gasteiger partial charge in [-0.1, -0.05) is 36.8 Å². The maximum absolute atomic E-state index is 12.8. The third kappa shape index (κ3) is 2.71. The van der Waals surface area contributed by atoms with Crippen molar-refractivity contribution in [2.24, 2.45) is 17.8 Å². The molecule has 134 valence electrons. The number of hydrogen-bond acceptors (Lipinski definition) is 4. The van der Waals surface area contributed by atoms with Crippen molar-refractivity contribution >= 4 is 17.3 Å². The van der Waals surface area contributed by atoms with Crippen molar-refractivity contribution in [3.05, 3.63) is 64.2 Å². The first-order valence-corrected chi connectivity index (χ1v) is 8.89. The van der Waals surface area contributed by atoms with Crippen molar-refractivity contribution < 1.29 is 14.8 Å². The molecular weight excluding hydrogens is 332 g/mol. The average molecular weight is 352 g/mol. The fourth-order valence-electron chi connectivity index (χ4n) is 4.76. The van der Waals surface area contributed by atoms with Crippen molar-refractivity contribution in [1.82, 2.24) is 0 Å². The summed E-state index contributed by atoms with van der Waals surface area (Å²) in [4.78, 5) is 23.0. The van der Waals surface area contributed by atoms with Crippen LogP contribution in [0.5, 0.6) is 5.75 Å². The Morgan fingerprint density at radius 2 is 1.81 bits per heavy atom. The molecule has 0 radical (unpaired) electrons. The summed E-state index contributed by atoms with van der Waals surface area (Å²) in [7, 11) is 0. The molecule has 2 aromatic carbocycles. The Hall–Kier alpha value is -2.89. The minimum atomic E-state index is -0.577. The lowest BCUT2D eigenvalue weighted by atomic mass is 9.48. The zero-order valence-electron chi connectivity index (χ0n) is 14.2. The molecule has 6 heteroatoms. The Labute approximate surface area is 151 Å².